The van der Waals surface area contributed by atoms with Gasteiger partial charge in [-0.15, -0.1) is 0 Å². The third-order valence-electron chi connectivity index (χ3n) is 4.12. The van der Waals surface area contributed by atoms with E-state index in [0.717, 1.165) is 24.1 Å². The predicted octanol–water partition coefficient (Wildman–Crippen LogP) is 4.25. The molecule has 0 atom stereocenters. The van der Waals surface area contributed by atoms with Crippen LogP contribution in [-0.4, -0.2) is 10.8 Å². The maximum absolute atomic E-state index is 12.6. The number of Topliss-reactive ketones (excluding diaryl/α,β-unsaturated/α-hetero) is 1. The van der Waals surface area contributed by atoms with E-state index in [2.05, 4.69) is 11.6 Å². The Morgan fingerprint density at radius 1 is 1.00 bits per heavy atom. The summed E-state index contributed by atoms with van der Waals surface area (Å²) in [5, 5.41) is 0. The number of hydrogen-bond donors (Lipinski definition) is 0. The van der Waals surface area contributed by atoms with E-state index in [1.54, 1.807) is 0 Å². The molecule has 0 unspecified atom stereocenters. The van der Waals surface area contributed by atoms with Crippen LogP contribution in [0.2, 0.25) is 0 Å². The van der Waals surface area contributed by atoms with E-state index >= 15 is 0 Å². The molecule has 0 saturated heterocycles. The summed E-state index contributed by atoms with van der Waals surface area (Å²) in [7, 11) is 0. The first kappa shape index (κ1) is 13.7. The number of pyridine rings is 1. The van der Waals surface area contributed by atoms with Crippen molar-refractivity contribution in [3.8, 4) is 0 Å². The topological polar surface area (TPSA) is 30.0 Å². The number of rotatable bonds is 3. The minimum absolute atomic E-state index is 0.00764. The van der Waals surface area contributed by atoms with Gasteiger partial charge in [-0.2, -0.15) is 0 Å². The molecule has 0 radical (unpaired) electrons. The van der Waals surface area contributed by atoms with Crippen molar-refractivity contribution in [3.63, 3.8) is 0 Å². The van der Waals surface area contributed by atoms with Gasteiger partial charge in [0.05, 0.1) is 0 Å². The summed E-state index contributed by atoms with van der Waals surface area (Å²) in [5.41, 5.74) is 4.63. The summed E-state index contributed by atoms with van der Waals surface area (Å²) in [6, 6.07) is 11.3. The second-order valence-electron chi connectivity index (χ2n) is 5.52. The largest absolute Gasteiger partial charge is 0.289 e. The van der Waals surface area contributed by atoms with Crippen molar-refractivity contribution in [2.24, 2.45) is 0 Å². The van der Waals surface area contributed by atoms with Gasteiger partial charge in [-0.1, -0.05) is 43.3 Å². The van der Waals surface area contributed by atoms with Crippen molar-refractivity contribution >= 4 is 11.4 Å². The van der Waals surface area contributed by atoms with Gasteiger partial charge in [-0.3, -0.25) is 9.78 Å². The fourth-order valence-electron chi connectivity index (χ4n) is 2.97. The molecular weight excluding hydrogens is 258 g/mol. The predicted molar refractivity (Wildman–Crippen MR) is 85.3 cm³/mol. The van der Waals surface area contributed by atoms with Crippen LogP contribution in [0.3, 0.4) is 0 Å². The van der Waals surface area contributed by atoms with Crippen LogP contribution in [0.15, 0.2) is 49.2 Å². The zero-order valence-corrected chi connectivity index (χ0v) is 12.1. The Morgan fingerprint density at radius 3 is 2.57 bits per heavy atom. The Bertz CT molecular complexity index is 673. The lowest BCUT2D eigenvalue weighted by Gasteiger charge is -2.13. The van der Waals surface area contributed by atoms with Crippen molar-refractivity contribution in [2.75, 3.05) is 0 Å². The monoisotopic (exact) mass is 277 g/mol. The van der Waals surface area contributed by atoms with Gasteiger partial charge in [-0.25, -0.2) is 0 Å². The fraction of sp³-hybridized carbons (Fsp3) is 0.263. The number of allylic oxidation sites excluding steroid dienone is 1. The SMILES string of the molecule is C=C(C(=O)c1ccccc1)c1ccnc2c1CCCCC2. The summed E-state index contributed by atoms with van der Waals surface area (Å²) in [4.78, 5) is 17.1. The Labute approximate surface area is 125 Å². The Morgan fingerprint density at radius 2 is 1.76 bits per heavy atom. The summed E-state index contributed by atoms with van der Waals surface area (Å²) in [5.74, 6) is 0.00764. The second kappa shape index (κ2) is 6.04. The number of hydrogen-bond acceptors (Lipinski definition) is 2. The van der Waals surface area contributed by atoms with Gasteiger partial charge in [0.1, 0.15) is 0 Å². The van der Waals surface area contributed by atoms with Crippen LogP contribution >= 0.6 is 0 Å². The molecule has 3 rings (SSSR count). The molecule has 1 aromatic carbocycles. The molecule has 0 bridgehead atoms. The quantitative estimate of drug-likeness (QED) is 0.477. The zero-order valence-electron chi connectivity index (χ0n) is 12.1. The van der Waals surface area contributed by atoms with Crippen LogP contribution in [0.1, 0.15) is 46.4 Å². The lowest BCUT2D eigenvalue weighted by atomic mass is 9.92. The normalized spacial score (nSPS) is 14.1. The molecule has 2 aromatic rings. The van der Waals surface area contributed by atoms with Gasteiger partial charge < -0.3 is 0 Å². The molecule has 2 heteroatoms. The first-order valence-electron chi connectivity index (χ1n) is 7.53. The average molecular weight is 277 g/mol. The van der Waals surface area contributed by atoms with E-state index in [0.29, 0.717) is 11.1 Å². The maximum Gasteiger partial charge on any atom is 0.193 e. The standard InChI is InChI=1S/C19H19NO/c1-14(19(21)15-8-4-2-5-9-15)16-12-13-20-18-11-7-3-6-10-17(16)18/h2,4-5,8-9,12-13H,1,3,6-7,10-11H2. The minimum atomic E-state index is 0.00764. The molecule has 0 spiro atoms. The smallest absolute Gasteiger partial charge is 0.193 e. The third kappa shape index (κ3) is 2.80. The molecule has 1 heterocycles. The van der Waals surface area contributed by atoms with Crippen LogP contribution < -0.4 is 0 Å². The van der Waals surface area contributed by atoms with Crippen molar-refractivity contribution in [3.05, 3.63) is 71.6 Å². The van der Waals surface area contributed by atoms with Gasteiger partial charge in [0.2, 0.25) is 0 Å². The van der Waals surface area contributed by atoms with Crippen LogP contribution in [0.4, 0.5) is 0 Å². The second-order valence-corrected chi connectivity index (χ2v) is 5.52. The Kier molecular flexibility index (Phi) is 3.96. The maximum atomic E-state index is 12.6. The fourth-order valence-corrected chi connectivity index (χ4v) is 2.97. The summed E-state index contributed by atoms with van der Waals surface area (Å²) < 4.78 is 0. The van der Waals surface area contributed by atoms with Gasteiger partial charge in [0, 0.05) is 23.0 Å². The molecule has 2 nitrogen and oxygen atoms in total. The minimum Gasteiger partial charge on any atom is -0.289 e. The molecule has 106 valence electrons. The van der Waals surface area contributed by atoms with E-state index in [1.807, 2.05) is 42.6 Å². The van der Waals surface area contributed by atoms with Crippen molar-refractivity contribution in [2.45, 2.75) is 32.1 Å². The molecule has 0 aliphatic heterocycles. The van der Waals surface area contributed by atoms with Crippen molar-refractivity contribution in [1.82, 2.24) is 4.98 Å². The van der Waals surface area contributed by atoms with E-state index in [9.17, 15) is 4.79 Å². The highest BCUT2D eigenvalue weighted by Gasteiger charge is 2.19. The molecule has 1 aromatic heterocycles. The van der Waals surface area contributed by atoms with E-state index in [1.165, 1.54) is 24.8 Å². The van der Waals surface area contributed by atoms with Crippen LogP contribution in [0.5, 0.6) is 0 Å². The molecular formula is C19H19NO. The number of aromatic nitrogens is 1. The zero-order chi connectivity index (χ0) is 14.7. The number of nitrogens with zero attached hydrogens (tertiary/aromatic N) is 1. The van der Waals surface area contributed by atoms with Gasteiger partial charge in [0.25, 0.3) is 0 Å². The molecule has 0 fully saturated rings. The number of fused-ring (bicyclic) bond motifs is 1. The Hall–Kier alpha value is -2.22. The molecule has 0 saturated carbocycles. The highest BCUT2D eigenvalue weighted by atomic mass is 16.1. The van der Waals surface area contributed by atoms with Gasteiger partial charge in [0.15, 0.2) is 5.78 Å². The van der Waals surface area contributed by atoms with Crippen LogP contribution in [0, 0.1) is 0 Å². The number of carbonyl (C=O) groups excluding carboxylic acids is 1. The Balaban J connectivity index is 1.97. The first-order valence-corrected chi connectivity index (χ1v) is 7.53. The first-order chi connectivity index (χ1) is 10.3. The van der Waals surface area contributed by atoms with Gasteiger partial charge >= 0.3 is 0 Å². The average Bonchev–Trinajstić information content (AvgIpc) is 2.79. The molecule has 21 heavy (non-hydrogen) atoms. The highest BCUT2D eigenvalue weighted by Crippen LogP contribution is 2.28. The number of benzene rings is 1. The van der Waals surface area contributed by atoms with Crippen LogP contribution in [0.25, 0.3) is 5.57 Å². The lowest BCUT2D eigenvalue weighted by Crippen LogP contribution is -2.07. The van der Waals surface area contributed by atoms with E-state index in [4.69, 9.17) is 0 Å². The van der Waals surface area contributed by atoms with E-state index < -0.39 is 0 Å². The lowest BCUT2D eigenvalue weighted by molar-refractivity contribution is 0.105. The molecule has 0 amide bonds. The summed E-state index contributed by atoms with van der Waals surface area (Å²) in [6.07, 6.45) is 7.40. The summed E-state index contributed by atoms with van der Waals surface area (Å²) >= 11 is 0. The van der Waals surface area contributed by atoms with E-state index in [-0.39, 0.29) is 5.78 Å². The molecule has 0 N–H and O–H groups in total. The van der Waals surface area contributed by atoms with Crippen molar-refractivity contribution in [1.29, 1.82) is 0 Å². The number of carbonyl (C=O) groups is 1. The summed E-state index contributed by atoms with van der Waals surface area (Å²) in [6.45, 7) is 4.06. The molecule has 1 aliphatic rings. The number of aryl methyl sites for hydroxylation is 1. The van der Waals surface area contributed by atoms with Crippen LogP contribution in [-0.2, 0) is 12.8 Å². The molecule has 1 aliphatic carbocycles. The van der Waals surface area contributed by atoms with Crippen molar-refractivity contribution < 1.29 is 4.79 Å². The van der Waals surface area contributed by atoms with Gasteiger partial charge in [-0.05, 0) is 42.9 Å². The third-order valence-corrected chi connectivity index (χ3v) is 4.12. The highest BCUT2D eigenvalue weighted by molar-refractivity contribution is 6.28. The number of ketones is 1.